The summed E-state index contributed by atoms with van der Waals surface area (Å²) in [5, 5.41) is 13.3. The molecule has 0 aliphatic rings. The fourth-order valence-corrected chi connectivity index (χ4v) is 2.15. The van der Waals surface area contributed by atoms with Gasteiger partial charge in [-0.25, -0.2) is 0 Å². The molecular weight excluding hydrogens is 282 g/mol. The molecule has 0 bridgehead atoms. The van der Waals surface area contributed by atoms with Crippen LogP contribution in [0.25, 0.3) is 0 Å². The normalized spacial score (nSPS) is 12.6. The first-order valence-electron chi connectivity index (χ1n) is 5.89. The summed E-state index contributed by atoms with van der Waals surface area (Å²) in [6.07, 6.45) is 1.92. The molecule has 0 aliphatic carbocycles. The highest BCUT2D eigenvalue weighted by atomic mass is 79.9. The van der Waals surface area contributed by atoms with Crippen molar-refractivity contribution in [1.82, 2.24) is 5.32 Å². The summed E-state index contributed by atoms with van der Waals surface area (Å²) in [7, 11) is 1.71. The SMILES string of the molecule is CCC(NCCCOC)c1cc(Br)ccc1O. The van der Waals surface area contributed by atoms with Gasteiger partial charge in [0.15, 0.2) is 0 Å². The number of nitrogens with one attached hydrogen (secondary N) is 1. The summed E-state index contributed by atoms with van der Waals surface area (Å²) < 4.78 is 6.00. The van der Waals surface area contributed by atoms with E-state index in [-0.39, 0.29) is 6.04 Å². The van der Waals surface area contributed by atoms with Crippen molar-refractivity contribution in [3.63, 3.8) is 0 Å². The van der Waals surface area contributed by atoms with E-state index in [1.807, 2.05) is 12.1 Å². The van der Waals surface area contributed by atoms with E-state index < -0.39 is 0 Å². The van der Waals surface area contributed by atoms with Crippen molar-refractivity contribution in [3.05, 3.63) is 28.2 Å². The minimum absolute atomic E-state index is 0.185. The quantitative estimate of drug-likeness (QED) is 0.760. The monoisotopic (exact) mass is 301 g/mol. The van der Waals surface area contributed by atoms with Crippen LogP contribution in [-0.2, 0) is 4.74 Å². The molecule has 1 unspecified atom stereocenters. The molecule has 1 rings (SSSR count). The second kappa shape index (κ2) is 7.69. The number of aromatic hydroxyl groups is 1. The number of phenolic OH excluding ortho intramolecular Hbond substituents is 1. The van der Waals surface area contributed by atoms with Gasteiger partial charge in [0.1, 0.15) is 5.75 Å². The number of hydrogen-bond donors (Lipinski definition) is 2. The van der Waals surface area contributed by atoms with Gasteiger partial charge in [-0.05, 0) is 37.6 Å². The number of methoxy groups -OCH3 is 1. The zero-order chi connectivity index (χ0) is 12.7. The molecule has 4 heteroatoms. The fraction of sp³-hybridized carbons (Fsp3) is 0.538. The number of halogens is 1. The van der Waals surface area contributed by atoms with Crippen molar-refractivity contribution in [2.75, 3.05) is 20.3 Å². The maximum Gasteiger partial charge on any atom is 0.120 e. The molecule has 0 saturated heterocycles. The third-order valence-electron chi connectivity index (χ3n) is 2.69. The predicted octanol–water partition coefficient (Wildman–Crippen LogP) is 3.23. The van der Waals surface area contributed by atoms with Crippen LogP contribution in [0.4, 0.5) is 0 Å². The van der Waals surface area contributed by atoms with Crippen LogP contribution in [0.2, 0.25) is 0 Å². The van der Waals surface area contributed by atoms with Crippen LogP contribution in [0, 0.1) is 0 Å². The second-order valence-corrected chi connectivity index (χ2v) is 4.88. The molecule has 0 heterocycles. The van der Waals surface area contributed by atoms with Crippen molar-refractivity contribution < 1.29 is 9.84 Å². The predicted molar refractivity (Wildman–Crippen MR) is 73.3 cm³/mol. The molecule has 96 valence electrons. The molecule has 17 heavy (non-hydrogen) atoms. The van der Waals surface area contributed by atoms with Crippen LogP contribution in [0.3, 0.4) is 0 Å². The van der Waals surface area contributed by atoms with Gasteiger partial charge in [-0.1, -0.05) is 22.9 Å². The van der Waals surface area contributed by atoms with Gasteiger partial charge in [-0.3, -0.25) is 0 Å². The molecule has 0 saturated carbocycles. The van der Waals surface area contributed by atoms with Crippen LogP contribution in [-0.4, -0.2) is 25.4 Å². The Balaban J connectivity index is 2.62. The van der Waals surface area contributed by atoms with Gasteiger partial charge in [0, 0.05) is 29.8 Å². The van der Waals surface area contributed by atoms with Crippen LogP contribution in [0.15, 0.2) is 22.7 Å². The summed E-state index contributed by atoms with van der Waals surface area (Å²) in [5.41, 5.74) is 0.944. The lowest BCUT2D eigenvalue weighted by Crippen LogP contribution is -2.22. The number of hydrogen-bond acceptors (Lipinski definition) is 3. The Bertz CT molecular complexity index is 344. The van der Waals surface area contributed by atoms with Gasteiger partial charge in [0.25, 0.3) is 0 Å². The lowest BCUT2D eigenvalue weighted by Gasteiger charge is -2.18. The Morgan fingerprint density at radius 1 is 1.47 bits per heavy atom. The van der Waals surface area contributed by atoms with Gasteiger partial charge in [-0.15, -0.1) is 0 Å². The van der Waals surface area contributed by atoms with E-state index in [0.717, 1.165) is 36.0 Å². The molecule has 0 aromatic heterocycles. The van der Waals surface area contributed by atoms with Crippen LogP contribution >= 0.6 is 15.9 Å². The Morgan fingerprint density at radius 3 is 2.88 bits per heavy atom. The van der Waals surface area contributed by atoms with Crippen molar-refractivity contribution in [1.29, 1.82) is 0 Å². The number of benzene rings is 1. The average Bonchev–Trinajstić information content (AvgIpc) is 2.33. The largest absolute Gasteiger partial charge is 0.508 e. The molecule has 0 spiro atoms. The van der Waals surface area contributed by atoms with E-state index in [2.05, 4.69) is 28.2 Å². The maximum absolute atomic E-state index is 9.85. The third-order valence-corrected chi connectivity index (χ3v) is 3.18. The molecule has 1 atom stereocenters. The van der Waals surface area contributed by atoms with Gasteiger partial charge in [0.05, 0.1) is 0 Å². The Hall–Kier alpha value is -0.580. The number of phenols is 1. The van der Waals surface area contributed by atoms with Crippen molar-refractivity contribution in [2.24, 2.45) is 0 Å². The summed E-state index contributed by atoms with van der Waals surface area (Å²) in [4.78, 5) is 0. The van der Waals surface area contributed by atoms with E-state index in [1.165, 1.54) is 0 Å². The molecule has 0 radical (unpaired) electrons. The number of rotatable bonds is 7. The molecule has 0 aliphatic heterocycles. The first kappa shape index (κ1) is 14.5. The standard InChI is InChI=1S/C13H20BrNO2/c1-3-12(15-7-4-8-17-2)11-9-10(14)5-6-13(11)16/h5-6,9,12,15-16H,3-4,7-8H2,1-2H3. The summed E-state index contributed by atoms with van der Waals surface area (Å²) in [6.45, 7) is 3.75. The van der Waals surface area contributed by atoms with E-state index >= 15 is 0 Å². The van der Waals surface area contributed by atoms with Crippen molar-refractivity contribution in [3.8, 4) is 5.75 Å². The lowest BCUT2D eigenvalue weighted by molar-refractivity contribution is 0.193. The Kier molecular flexibility index (Phi) is 6.55. The fourth-order valence-electron chi connectivity index (χ4n) is 1.77. The van der Waals surface area contributed by atoms with Crippen molar-refractivity contribution >= 4 is 15.9 Å². The zero-order valence-corrected chi connectivity index (χ0v) is 12.0. The summed E-state index contributed by atoms with van der Waals surface area (Å²) in [5.74, 6) is 0.347. The number of ether oxygens (including phenoxy) is 1. The minimum atomic E-state index is 0.185. The molecule has 1 aromatic rings. The lowest BCUT2D eigenvalue weighted by atomic mass is 10.0. The smallest absolute Gasteiger partial charge is 0.120 e. The van der Waals surface area contributed by atoms with Crippen LogP contribution in [0.1, 0.15) is 31.4 Å². The molecular formula is C13H20BrNO2. The third kappa shape index (κ3) is 4.66. The van der Waals surface area contributed by atoms with Crippen molar-refractivity contribution in [2.45, 2.75) is 25.8 Å². The van der Waals surface area contributed by atoms with E-state index in [0.29, 0.717) is 5.75 Å². The Labute approximate surface area is 111 Å². The zero-order valence-electron chi connectivity index (χ0n) is 10.4. The summed E-state index contributed by atoms with van der Waals surface area (Å²) in [6, 6.07) is 5.71. The highest BCUT2D eigenvalue weighted by Crippen LogP contribution is 2.29. The van der Waals surface area contributed by atoms with Crippen LogP contribution in [0.5, 0.6) is 5.75 Å². The first-order valence-corrected chi connectivity index (χ1v) is 6.69. The molecule has 0 fully saturated rings. The average molecular weight is 302 g/mol. The van der Waals surface area contributed by atoms with Gasteiger partial charge in [-0.2, -0.15) is 0 Å². The topological polar surface area (TPSA) is 41.5 Å². The van der Waals surface area contributed by atoms with Crippen LogP contribution < -0.4 is 5.32 Å². The first-order chi connectivity index (χ1) is 8.19. The molecule has 2 N–H and O–H groups in total. The van der Waals surface area contributed by atoms with E-state index in [1.54, 1.807) is 13.2 Å². The second-order valence-electron chi connectivity index (χ2n) is 3.96. The Morgan fingerprint density at radius 2 is 2.24 bits per heavy atom. The molecule has 0 amide bonds. The van der Waals surface area contributed by atoms with E-state index in [4.69, 9.17) is 4.74 Å². The minimum Gasteiger partial charge on any atom is -0.508 e. The van der Waals surface area contributed by atoms with Gasteiger partial charge < -0.3 is 15.2 Å². The highest BCUT2D eigenvalue weighted by Gasteiger charge is 2.12. The van der Waals surface area contributed by atoms with E-state index in [9.17, 15) is 5.11 Å². The maximum atomic E-state index is 9.85. The molecule has 3 nitrogen and oxygen atoms in total. The van der Waals surface area contributed by atoms with Gasteiger partial charge in [0.2, 0.25) is 0 Å². The highest BCUT2D eigenvalue weighted by molar-refractivity contribution is 9.10. The molecule has 1 aromatic carbocycles. The summed E-state index contributed by atoms with van der Waals surface area (Å²) >= 11 is 3.43. The van der Waals surface area contributed by atoms with Gasteiger partial charge >= 0.3 is 0 Å².